The van der Waals surface area contributed by atoms with Gasteiger partial charge in [-0.05, 0) is 36.4 Å². The highest BCUT2D eigenvalue weighted by molar-refractivity contribution is 6.06. The van der Waals surface area contributed by atoms with E-state index in [9.17, 15) is 10.2 Å². The molecule has 0 radical (unpaired) electrons. The minimum Gasteiger partial charge on any atom is -0.507 e. The van der Waals surface area contributed by atoms with Crippen LogP contribution in [0.3, 0.4) is 0 Å². The average Bonchev–Trinajstić information content (AvgIpc) is 2.56. The predicted molar refractivity (Wildman–Crippen MR) is 85.8 cm³/mol. The molecule has 22 heavy (non-hydrogen) atoms. The standard InChI is InChI=1S/C18H12N2O2/c21-13-7-5-11-3-1-9-19-17(11)15(13)16-14(22)8-6-12-4-2-10-20-18(12)16/h1-10,21-22H. The van der Waals surface area contributed by atoms with Crippen LogP contribution in [0.25, 0.3) is 32.9 Å². The number of pyridine rings is 2. The third kappa shape index (κ3) is 1.78. The van der Waals surface area contributed by atoms with E-state index in [1.54, 1.807) is 36.7 Å². The predicted octanol–water partition coefficient (Wildman–Crippen LogP) is 3.86. The third-order valence-corrected chi connectivity index (χ3v) is 3.76. The van der Waals surface area contributed by atoms with Gasteiger partial charge in [-0.25, -0.2) is 0 Å². The van der Waals surface area contributed by atoms with E-state index in [0.29, 0.717) is 22.2 Å². The van der Waals surface area contributed by atoms with E-state index in [0.717, 1.165) is 10.8 Å². The summed E-state index contributed by atoms with van der Waals surface area (Å²) in [7, 11) is 0. The number of phenols is 2. The fourth-order valence-electron chi connectivity index (χ4n) is 2.76. The zero-order valence-corrected chi connectivity index (χ0v) is 11.6. The van der Waals surface area contributed by atoms with Gasteiger partial charge in [-0.1, -0.05) is 12.1 Å². The minimum atomic E-state index is 0.0691. The molecule has 0 fully saturated rings. The first kappa shape index (κ1) is 12.6. The van der Waals surface area contributed by atoms with Gasteiger partial charge in [-0.3, -0.25) is 9.97 Å². The highest BCUT2D eigenvalue weighted by Gasteiger charge is 2.17. The molecule has 106 valence electrons. The number of nitrogens with zero attached hydrogens (tertiary/aromatic N) is 2. The zero-order chi connectivity index (χ0) is 15.1. The highest BCUT2D eigenvalue weighted by atomic mass is 16.3. The van der Waals surface area contributed by atoms with Crippen molar-refractivity contribution in [3.63, 3.8) is 0 Å². The van der Waals surface area contributed by atoms with Crippen LogP contribution in [0.5, 0.6) is 11.5 Å². The summed E-state index contributed by atoms with van der Waals surface area (Å²) in [5.74, 6) is 0.138. The fourth-order valence-corrected chi connectivity index (χ4v) is 2.76. The lowest BCUT2D eigenvalue weighted by molar-refractivity contribution is 0.470. The SMILES string of the molecule is Oc1ccc2cccnc2c1-c1c(O)ccc2cccnc12. The smallest absolute Gasteiger partial charge is 0.125 e. The van der Waals surface area contributed by atoms with Crippen molar-refractivity contribution in [2.75, 3.05) is 0 Å². The van der Waals surface area contributed by atoms with Crippen molar-refractivity contribution in [1.29, 1.82) is 0 Å². The topological polar surface area (TPSA) is 66.2 Å². The number of benzene rings is 2. The van der Waals surface area contributed by atoms with Crippen LogP contribution >= 0.6 is 0 Å². The lowest BCUT2D eigenvalue weighted by atomic mass is 9.97. The molecule has 2 aromatic heterocycles. The Morgan fingerprint density at radius 1 is 0.591 bits per heavy atom. The number of hydrogen-bond acceptors (Lipinski definition) is 4. The lowest BCUT2D eigenvalue weighted by Gasteiger charge is -2.12. The summed E-state index contributed by atoms with van der Waals surface area (Å²) < 4.78 is 0. The lowest BCUT2D eigenvalue weighted by Crippen LogP contribution is -1.90. The molecular weight excluding hydrogens is 276 g/mol. The van der Waals surface area contributed by atoms with E-state index in [-0.39, 0.29) is 11.5 Å². The van der Waals surface area contributed by atoms with Gasteiger partial charge in [-0.15, -0.1) is 0 Å². The number of fused-ring (bicyclic) bond motifs is 2. The zero-order valence-electron chi connectivity index (χ0n) is 11.6. The normalized spacial score (nSPS) is 11.1. The molecular formula is C18H12N2O2. The summed E-state index contributed by atoms with van der Waals surface area (Å²) in [4.78, 5) is 8.73. The molecule has 2 heterocycles. The first-order chi connectivity index (χ1) is 10.8. The summed E-state index contributed by atoms with van der Waals surface area (Å²) in [6, 6.07) is 14.3. The molecule has 4 heteroatoms. The summed E-state index contributed by atoms with van der Waals surface area (Å²) in [6.45, 7) is 0. The van der Waals surface area contributed by atoms with Gasteiger partial charge in [0, 0.05) is 23.2 Å². The monoisotopic (exact) mass is 288 g/mol. The van der Waals surface area contributed by atoms with E-state index in [1.807, 2.05) is 24.3 Å². The van der Waals surface area contributed by atoms with E-state index in [2.05, 4.69) is 9.97 Å². The number of aromatic nitrogens is 2. The molecule has 0 atom stereocenters. The molecule has 0 spiro atoms. The molecule has 2 N–H and O–H groups in total. The van der Waals surface area contributed by atoms with Gasteiger partial charge < -0.3 is 10.2 Å². The maximum Gasteiger partial charge on any atom is 0.125 e. The molecule has 0 bridgehead atoms. The van der Waals surface area contributed by atoms with Crippen LogP contribution in [0.4, 0.5) is 0 Å². The van der Waals surface area contributed by atoms with Crippen molar-refractivity contribution in [2.45, 2.75) is 0 Å². The number of rotatable bonds is 1. The Kier molecular flexibility index (Phi) is 2.69. The van der Waals surface area contributed by atoms with Crippen LogP contribution in [-0.4, -0.2) is 20.2 Å². The maximum absolute atomic E-state index is 10.4. The molecule has 4 nitrogen and oxygen atoms in total. The fraction of sp³-hybridized carbons (Fsp3) is 0. The van der Waals surface area contributed by atoms with Gasteiger partial charge in [0.15, 0.2) is 0 Å². The summed E-state index contributed by atoms with van der Waals surface area (Å²) in [6.07, 6.45) is 3.34. The van der Waals surface area contributed by atoms with Gasteiger partial charge in [-0.2, -0.15) is 0 Å². The Labute approximate surface area is 126 Å². The molecule has 0 unspecified atom stereocenters. The quantitative estimate of drug-likeness (QED) is 0.558. The van der Waals surface area contributed by atoms with Crippen LogP contribution in [0, 0.1) is 0 Å². The van der Waals surface area contributed by atoms with Gasteiger partial charge in [0.05, 0.1) is 22.2 Å². The van der Waals surface area contributed by atoms with Crippen molar-refractivity contribution >= 4 is 21.8 Å². The van der Waals surface area contributed by atoms with Crippen molar-refractivity contribution in [1.82, 2.24) is 9.97 Å². The molecule has 0 saturated carbocycles. The van der Waals surface area contributed by atoms with Crippen molar-refractivity contribution < 1.29 is 10.2 Å². The van der Waals surface area contributed by atoms with Gasteiger partial charge in [0.2, 0.25) is 0 Å². The molecule has 2 aromatic carbocycles. The molecule has 4 rings (SSSR count). The Bertz CT molecular complexity index is 929. The number of hydrogen-bond donors (Lipinski definition) is 2. The largest absolute Gasteiger partial charge is 0.507 e. The number of phenolic OH excluding ortho intramolecular Hbond substituents is 2. The first-order valence-electron chi connectivity index (χ1n) is 6.89. The van der Waals surface area contributed by atoms with Crippen LogP contribution in [0.1, 0.15) is 0 Å². The second kappa shape index (κ2) is 4.70. The molecule has 0 saturated heterocycles. The Hall–Kier alpha value is -3.14. The Morgan fingerprint density at radius 3 is 1.50 bits per heavy atom. The van der Waals surface area contributed by atoms with Crippen LogP contribution < -0.4 is 0 Å². The third-order valence-electron chi connectivity index (χ3n) is 3.76. The second-order valence-electron chi connectivity index (χ2n) is 5.07. The van der Waals surface area contributed by atoms with E-state index in [4.69, 9.17) is 0 Å². The highest BCUT2D eigenvalue weighted by Crippen LogP contribution is 2.42. The molecule has 0 aliphatic rings. The van der Waals surface area contributed by atoms with E-state index in [1.165, 1.54) is 0 Å². The molecule has 4 aromatic rings. The van der Waals surface area contributed by atoms with Crippen LogP contribution in [0.15, 0.2) is 60.9 Å². The van der Waals surface area contributed by atoms with Crippen LogP contribution in [0.2, 0.25) is 0 Å². The maximum atomic E-state index is 10.4. The number of aromatic hydroxyl groups is 2. The van der Waals surface area contributed by atoms with Crippen molar-refractivity contribution in [3.8, 4) is 22.6 Å². The molecule has 0 amide bonds. The van der Waals surface area contributed by atoms with Crippen molar-refractivity contribution in [2.24, 2.45) is 0 Å². The Morgan fingerprint density at radius 2 is 1.05 bits per heavy atom. The van der Waals surface area contributed by atoms with Gasteiger partial charge in [0.25, 0.3) is 0 Å². The molecule has 0 aliphatic carbocycles. The molecule has 0 aliphatic heterocycles. The minimum absolute atomic E-state index is 0.0691. The average molecular weight is 288 g/mol. The van der Waals surface area contributed by atoms with Crippen LogP contribution in [-0.2, 0) is 0 Å². The summed E-state index contributed by atoms with van der Waals surface area (Å²) in [5.41, 5.74) is 2.27. The van der Waals surface area contributed by atoms with Gasteiger partial charge in [0.1, 0.15) is 11.5 Å². The first-order valence-corrected chi connectivity index (χ1v) is 6.89. The van der Waals surface area contributed by atoms with Gasteiger partial charge >= 0.3 is 0 Å². The summed E-state index contributed by atoms with van der Waals surface area (Å²) in [5, 5.41) is 22.5. The van der Waals surface area contributed by atoms with E-state index >= 15 is 0 Å². The van der Waals surface area contributed by atoms with Crippen molar-refractivity contribution in [3.05, 3.63) is 60.9 Å². The summed E-state index contributed by atoms with van der Waals surface area (Å²) >= 11 is 0. The Balaban J connectivity index is 2.21. The van der Waals surface area contributed by atoms with E-state index < -0.39 is 0 Å². The second-order valence-corrected chi connectivity index (χ2v) is 5.07.